The Morgan fingerprint density at radius 1 is 0.939 bits per heavy atom. The Morgan fingerprint density at radius 2 is 1.61 bits per heavy atom. The van der Waals surface area contributed by atoms with Gasteiger partial charge in [0.2, 0.25) is 5.91 Å². The summed E-state index contributed by atoms with van der Waals surface area (Å²) in [6.45, 7) is 3.04. The number of aliphatic hydroxyl groups is 3. The minimum absolute atomic E-state index is 0.106. The average molecular weight is 687 g/mol. The van der Waals surface area contributed by atoms with E-state index in [-0.39, 0.29) is 25.1 Å². The molecule has 0 aromatic heterocycles. The molecule has 0 aliphatic heterocycles. The third kappa shape index (κ3) is 12.9. The van der Waals surface area contributed by atoms with Gasteiger partial charge in [-0.3, -0.25) is 14.4 Å². The van der Waals surface area contributed by atoms with Crippen LogP contribution in [0.4, 0.5) is 5.69 Å². The highest BCUT2D eigenvalue weighted by molar-refractivity contribution is 5.98. The van der Waals surface area contributed by atoms with Gasteiger partial charge in [0, 0.05) is 18.5 Å². The molecule has 0 saturated heterocycles. The summed E-state index contributed by atoms with van der Waals surface area (Å²) in [5, 5.41) is 47.2. The van der Waals surface area contributed by atoms with Gasteiger partial charge in [-0.2, -0.15) is 0 Å². The van der Waals surface area contributed by atoms with Crippen molar-refractivity contribution in [3.8, 4) is 11.5 Å². The second-order valence-corrected chi connectivity index (χ2v) is 12.9. The van der Waals surface area contributed by atoms with Gasteiger partial charge in [-0.1, -0.05) is 51.2 Å². The maximum absolute atomic E-state index is 13.4. The number of phenols is 1. The predicted molar refractivity (Wildman–Crippen MR) is 185 cm³/mol. The van der Waals surface area contributed by atoms with Crippen LogP contribution in [-0.2, 0) is 25.5 Å². The lowest BCUT2D eigenvalue weighted by atomic mass is 9.78. The van der Waals surface area contributed by atoms with E-state index >= 15 is 0 Å². The molecule has 2 amide bonds. The van der Waals surface area contributed by atoms with Gasteiger partial charge in [0.1, 0.15) is 41.4 Å². The fraction of sp³-hybridized carbons (Fsp3) is 0.583. The summed E-state index contributed by atoms with van der Waals surface area (Å²) >= 11 is 0. The third-order valence-electron chi connectivity index (χ3n) is 8.74. The molecule has 6 unspecified atom stereocenters. The summed E-state index contributed by atoms with van der Waals surface area (Å²) in [4.78, 5) is 39.5. The number of carbonyl (C=O) groups is 3. The van der Waals surface area contributed by atoms with Crippen LogP contribution in [0.3, 0.4) is 0 Å². The molecule has 272 valence electrons. The monoisotopic (exact) mass is 686 g/mol. The van der Waals surface area contributed by atoms with Crippen LogP contribution >= 0.6 is 0 Å². The minimum atomic E-state index is -2.27. The molecule has 2 aromatic carbocycles. The van der Waals surface area contributed by atoms with E-state index in [1.54, 1.807) is 36.4 Å². The number of unbranched alkanes of at least 4 members (excludes halogenated alkanes) is 5. The number of hydrogen-bond acceptors (Lipinski definition) is 11. The zero-order chi connectivity index (χ0) is 35.8. The van der Waals surface area contributed by atoms with Crippen LogP contribution in [0.5, 0.6) is 11.5 Å². The van der Waals surface area contributed by atoms with Crippen LogP contribution in [0.25, 0.3) is 0 Å². The Morgan fingerprint density at radius 3 is 2.29 bits per heavy atom. The third-order valence-corrected chi connectivity index (χ3v) is 8.74. The lowest BCUT2D eigenvalue weighted by Gasteiger charge is -2.41. The number of aromatic hydroxyl groups is 1. The summed E-state index contributed by atoms with van der Waals surface area (Å²) in [7, 11) is 0. The Bertz CT molecular complexity index is 1310. The van der Waals surface area contributed by atoms with E-state index in [1.165, 1.54) is 37.8 Å². The first-order chi connectivity index (χ1) is 23.4. The Hall–Kier alpha value is -3.75. The molecule has 13 nitrogen and oxygen atoms in total. The molecule has 2 aromatic rings. The first-order valence-corrected chi connectivity index (χ1v) is 17.3. The highest BCUT2D eigenvalue weighted by Crippen LogP contribution is 2.32. The van der Waals surface area contributed by atoms with Crippen molar-refractivity contribution in [2.45, 2.75) is 120 Å². The van der Waals surface area contributed by atoms with Crippen molar-refractivity contribution >= 4 is 23.5 Å². The number of rotatable bonds is 20. The number of phenolic OH excluding ortho intramolecular Hbond substituents is 1. The molecule has 0 heterocycles. The largest absolute Gasteiger partial charge is 0.508 e. The molecule has 0 bridgehead atoms. The maximum atomic E-state index is 13.4. The van der Waals surface area contributed by atoms with Crippen LogP contribution < -0.4 is 26.8 Å². The second kappa shape index (κ2) is 20.1. The number of nitrogens with one attached hydrogen (secondary N) is 2. The van der Waals surface area contributed by atoms with Crippen LogP contribution in [0, 0.1) is 0 Å². The number of nitrogens with two attached hydrogens (primary N) is 2. The number of benzene rings is 2. The van der Waals surface area contributed by atoms with Gasteiger partial charge in [0.05, 0.1) is 12.7 Å². The summed E-state index contributed by atoms with van der Waals surface area (Å²) in [6, 6.07) is 11.1. The van der Waals surface area contributed by atoms with Crippen LogP contribution in [0.1, 0.15) is 83.1 Å². The van der Waals surface area contributed by atoms with Crippen LogP contribution in [0.15, 0.2) is 48.5 Å². The summed E-state index contributed by atoms with van der Waals surface area (Å²) in [6.07, 6.45) is 2.42. The maximum Gasteiger partial charge on any atom is 0.323 e. The zero-order valence-electron chi connectivity index (χ0n) is 28.4. The van der Waals surface area contributed by atoms with Crippen molar-refractivity contribution in [1.29, 1.82) is 0 Å². The summed E-state index contributed by atoms with van der Waals surface area (Å²) in [5.41, 5.74) is 10.7. The molecule has 1 aliphatic carbocycles. The Kier molecular flexibility index (Phi) is 16.2. The highest BCUT2D eigenvalue weighted by atomic mass is 16.6. The Balaban J connectivity index is 1.56. The normalized spacial score (nSPS) is 21.7. The van der Waals surface area contributed by atoms with E-state index in [0.717, 1.165) is 18.4 Å². The lowest BCUT2D eigenvalue weighted by molar-refractivity contribution is -0.191. The molecular weight excluding hydrogens is 632 g/mol. The number of aryl methyl sites for hydroxylation is 1. The average Bonchev–Trinajstić information content (AvgIpc) is 3.08. The number of carbonyl (C=O) groups excluding carboxylic acids is 3. The number of hydrogen-bond donors (Lipinski definition) is 8. The molecule has 1 aliphatic rings. The van der Waals surface area contributed by atoms with Crippen molar-refractivity contribution in [3.05, 3.63) is 54.1 Å². The van der Waals surface area contributed by atoms with Gasteiger partial charge >= 0.3 is 5.97 Å². The van der Waals surface area contributed by atoms with Crippen molar-refractivity contribution in [2.75, 3.05) is 18.5 Å². The molecule has 3 rings (SSSR count). The fourth-order valence-corrected chi connectivity index (χ4v) is 5.71. The summed E-state index contributed by atoms with van der Waals surface area (Å²) < 4.78 is 11.2. The standard InChI is InChI=1S/C36H54N4O9/c1-2-3-4-5-6-7-21-48-27-17-13-25(14-18-27)39-33(44)29(9-8-20-37)40-35(46)36(47)22-30(42)32(43)31(23-36)49-34(45)28(38)19-12-24-10-15-26(41)16-11-24/h10-11,13-18,28-32,41-43,47H,2-9,12,19-23,37-38H2,1H3,(H,39,44)(H,40,46). The van der Waals surface area contributed by atoms with E-state index in [4.69, 9.17) is 20.9 Å². The van der Waals surface area contributed by atoms with Gasteiger partial charge in [-0.25, -0.2) is 0 Å². The SMILES string of the molecule is CCCCCCCCOc1ccc(NC(=O)C(CCCN)NC(=O)C2(O)CC(O)C(O)C(OC(=O)C(N)CCc3ccc(O)cc3)C2)cc1. The van der Waals surface area contributed by atoms with Gasteiger partial charge < -0.3 is 52.0 Å². The van der Waals surface area contributed by atoms with Crippen molar-refractivity contribution in [1.82, 2.24) is 5.32 Å². The van der Waals surface area contributed by atoms with E-state index in [2.05, 4.69) is 17.6 Å². The number of anilines is 1. The van der Waals surface area contributed by atoms with E-state index < -0.39 is 66.6 Å². The molecule has 0 radical (unpaired) electrons. The fourth-order valence-electron chi connectivity index (χ4n) is 5.71. The topological polar surface area (TPSA) is 227 Å². The van der Waals surface area contributed by atoms with Gasteiger partial charge in [0.25, 0.3) is 5.91 Å². The van der Waals surface area contributed by atoms with Crippen LogP contribution in [-0.4, -0.2) is 87.4 Å². The molecule has 1 saturated carbocycles. The number of esters is 1. The quantitative estimate of drug-likeness (QED) is 0.0745. The smallest absolute Gasteiger partial charge is 0.323 e. The van der Waals surface area contributed by atoms with E-state index in [1.807, 2.05) is 0 Å². The van der Waals surface area contributed by atoms with Gasteiger partial charge in [-0.05, 0) is 80.6 Å². The number of ether oxygens (including phenoxy) is 2. The highest BCUT2D eigenvalue weighted by Gasteiger charge is 2.51. The van der Waals surface area contributed by atoms with Crippen LogP contribution in [0.2, 0.25) is 0 Å². The molecule has 10 N–H and O–H groups in total. The predicted octanol–water partition coefficient (Wildman–Crippen LogP) is 2.41. The first kappa shape index (κ1) is 39.7. The van der Waals surface area contributed by atoms with Gasteiger partial charge in [-0.15, -0.1) is 0 Å². The molecule has 49 heavy (non-hydrogen) atoms. The number of amides is 2. The summed E-state index contributed by atoms with van der Waals surface area (Å²) in [5.74, 6) is -1.60. The van der Waals surface area contributed by atoms with Gasteiger partial charge in [0.15, 0.2) is 0 Å². The molecule has 6 atom stereocenters. The molecule has 13 heteroatoms. The lowest BCUT2D eigenvalue weighted by Crippen LogP contribution is -2.62. The van der Waals surface area contributed by atoms with E-state index in [9.17, 15) is 34.8 Å². The van der Waals surface area contributed by atoms with Crippen molar-refractivity contribution in [3.63, 3.8) is 0 Å². The second-order valence-electron chi connectivity index (χ2n) is 12.9. The van der Waals surface area contributed by atoms with E-state index in [0.29, 0.717) is 30.9 Å². The molecule has 0 spiro atoms. The molecular formula is C36H54N4O9. The first-order valence-electron chi connectivity index (χ1n) is 17.3. The number of aliphatic hydroxyl groups excluding tert-OH is 2. The Labute approximate surface area is 288 Å². The van der Waals surface area contributed by atoms with Crippen molar-refractivity contribution < 1.29 is 44.3 Å². The minimum Gasteiger partial charge on any atom is -0.508 e. The molecule has 1 fully saturated rings. The van der Waals surface area contributed by atoms with Crippen molar-refractivity contribution in [2.24, 2.45) is 11.5 Å². The zero-order valence-corrected chi connectivity index (χ0v) is 28.4.